The van der Waals surface area contributed by atoms with Crippen LogP contribution in [0.4, 0.5) is 0 Å². The maximum atomic E-state index is 12.8. The first-order valence-corrected chi connectivity index (χ1v) is 26.8. The van der Waals surface area contributed by atoms with Crippen LogP contribution in [0.25, 0.3) is 0 Å². The molecule has 0 saturated carbocycles. The van der Waals surface area contributed by atoms with Crippen LogP contribution in [0.15, 0.2) is 97.2 Å². The minimum Gasteiger partial charge on any atom is -0.462 e. The van der Waals surface area contributed by atoms with Gasteiger partial charge in [-0.2, -0.15) is 0 Å². The van der Waals surface area contributed by atoms with Gasteiger partial charge in [-0.1, -0.05) is 208 Å². The lowest BCUT2D eigenvalue weighted by Crippen LogP contribution is -2.30. The Hall–Kier alpha value is -3.18. The number of unbranched alkanes of at least 4 members (excludes halogenated alkanes) is 21. The van der Waals surface area contributed by atoms with E-state index in [4.69, 9.17) is 14.2 Å². The summed E-state index contributed by atoms with van der Waals surface area (Å²) in [6, 6.07) is 0. The lowest BCUT2D eigenvalue weighted by molar-refractivity contribution is -0.163. The molecule has 0 aromatic carbocycles. The van der Waals surface area contributed by atoms with Gasteiger partial charge in [0.25, 0.3) is 0 Å². The van der Waals surface area contributed by atoms with Crippen molar-refractivity contribution in [3.05, 3.63) is 97.2 Å². The average molecular weight is 889 g/mol. The molecule has 0 aromatic rings. The molecule has 0 aliphatic heterocycles. The zero-order valence-electron chi connectivity index (χ0n) is 42.0. The molecule has 0 aliphatic carbocycles. The third kappa shape index (κ3) is 51.5. The Morgan fingerprint density at radius 3 is 1.12 bits per heavy atom. The highest BCUT2D eigenvalue weighted by molar-refractivity contribution is 5.70. The maximum absolute atomic E-state index is 12.8. The molecule has 0 amide bonds. The first kappa shape index (κ1) is 60.8. The predicted molar refractivity (Wildman–Crippen MR) is 279 cm³/mol. The molecule has 0 saturated heterocycles. The van der Waals surface area contributed by atoms with Crippen LogP contribution in [0.1, 0.15) is 239 Å². The van der Waals surface area contributed by atoms with Gasteiger partial charge in [0.05, 0.1) is 6.61 Å². The molecule has 366 valence electrons. The van der Waals surface area contributed by atoms with Crippen LogP contribution in [0.3, 0.4) is 0 Å². The van der Waals surface area contributed by atoms with Crippen molar-refractivity contribution in [2.24, 2.45) is 0 Å². The van der Waals surface area contributed by atoms with Gasteiger partial charge in [-0.05, 0) is 116 Å². The Balaban J connectivity index is 4.35. The number of ether oxygens (including phenoxy) is 3. The maximum Gasteiger partial charge on any atom is 0.306 e. The number of allylic oxidation sites excluding steroid dienone is 16. The highest BCUT2D eigenvalue weighted by atomic mass is 16.6. The first-order valence-electron chi connectivity index (χ1n) is 26.8. The van der Waals surface area contributed by atoms with Gasteiger partial charge in [-0.3, -0.25) is 9.59 Å². The lowest BCUT2D eigenvalue weighted by Gasteiger charge is -2.18. The first-order chi connectivity index (χ1) is 31.6. The zero-order valence-corrected chi connectivity index (χ0v) is 42.0. The van der Waals surface area contributed by atoms with Gasteiger partial charge < -0.3 is 14.2 Å². The third-order valence-corrected chi connectivity index (χ3v) is 11.1. The second kappa shape index (κ2) is 54.2. The van der Waals surface area contributed by atoms with E-state index in [0.717, 1.165) is 109 Å². The van der Waals surface area contributed by atoms with Crippen molar-refractivity contribution in [1.82, 2.24) is 0 Å². The van der Waals surface area contributed by atoms with E-state index in [0.29, 0.717) is 19.4 Å². The van der Waals surface area contributed by atoms with Gasteiger partial charge in [0, 0.05) is 19.4 Å². The Bertz CT molecular complexity index is 1230. The van der Waals surface area contributed by atoms with Crippen LogP contribution in [-0.2, 0) is 23.8 Å². The smallest absolute Gasteiger partial charge is 0.306 e. The van der Waals surface area contributed by atoms with Crippen molar-refractivity contribution >= 4 is 11.9 Å². The molecule has 0 bridgehead atoms. The van der Waals surface area contributed by atoms with Crippen LogP contribution in [0.5, 0.6) is 0 Å². The van der Waals surface area contributed by atoms with E-state index in [1.54, 1.807) is 0 Å². The summed E-state index contributed by atoms with van der Waals surface area (Å²) in [5.74, 6) is -0.434. The van der Waals surface area contributed by atoms with Crippen LogP contribution in [-0.4, -0.2) is 37.9 Å². The average Bonchev–Trinajstić information content (AvgIpc) is 3.30. The Kier molecular flexibility index (Phi) is 51.5. The quantitative estimate of drug-likeness (QED) is 0.0346. The molecule has 1 unspecified atom stereocenters. The van der Waals surface area contributed by atoms with Gasteiger partial charge in [-0.25, -0.2) is 0 Å². The minimum atomic E-state index is -0.561. The largest absolute Gasteiger partial charge is 0.462 e. The summed E-state index contributed by atoms with van der Waals surface area (Å²) < 4.78 is 17.4. The van der Waals surface area contributed by atoms with Crippen LogP contribution >= 0.6 is 0 Å². The van der Waals surface area contributed by atoms with Crippen molar-refractivity contribution in [3.63, 3.8) is 0 Å². The lowest BCUT2D eigenvalue weighted by atomic mass is 10.1. The Labute approximate surface area is 396 Å². The fourth-order valence-corrected chi connectivity index (χ4v) is 7.16. The predicted octanol–water partition coefficient (Wildman–Crippen LogP) is 18.2. The highest BCUT2D eigenvalue weighted by Crippen LogP contribution is 2.13. The topological polar surface area (TPSA) is 61.8 Å². The number of rotatable bonds is 48. The molecule has 1 atom stereocenters. The van der Waals surface area contributed by atoms with Crippen molar-refractivity contribution in [1.29, 1.82) is 0 Å². The molecule has 0 rings (SSSR count). The Morgan fingerprint density at radius 2 is 0.703 bits per heavy atom. The Morgan fingerprint density at radius 1 is 0.359 bits per heavy atom. The van der Waals surface area contributed by atoms with Crippen molar-refractivity contribution in [2.75, 3.05) is 19.8 Å². The van der Waals surface area contributed by atoms with Crippen LogP contribution < -0.4 is 0 Å². The SMILES string of the molecule is CC/C=C\C/C=C\C/C=C\CCCCCCCCOCC(COC(=O)CCCCCCCCC/C=C\C/C=C\CCCCC)OC(=O)CCCCCCC/C=C\C/C=C\C/C=C\CC. The van der Waals surface area contributed by atoms with Crippen molar-refractivity contribution in [3.8, 4) is 0 Å². The minimum absolute atomic E-state index is 0.0640. The molecule has 5 nitrogen and oxygen atoms in total. The number of carbonyl (C=O) groups excluding carboxylic acids is 2. The molecule has 0 aliphatic rings. The molecule has 0 fully saturated rings. The number of carbonyl (C=O) groups is 2. The summed E-state index contributed by atoms with van der Waals surface area (Å²) in [5, 5.41) is 0. The summed E-state index contributed by atoms with van der Waals surface area (Å²) in [6.45, 7) is 7.53. The molecular weight excluding hydrogens is 789 g/mol. The molecule has 0 aromatic heterocycles. The van der Waals surface area contributed by atoms with Gasteiger partial charge in [0.15, 0.2) is 6.10 Å². The summed E-state index contributed by atoms with van der Waals surface area (Å²) in [7, 11) is 0. The monoisotopic (exact) mass is 889 g/mol. The fraction of sp³-hybridized carbons (Fsp3) is 0.695. The van der Waals surface area contributed by atoms with E-state index >= 15 is 0 Å². The van der Waals surface area contributed by atoms with Crippen molar-refractivity contribution < 1.29 is 23.8 Å². The summed E-state index contributed by atoms with van der Waals surface area (Å²) in [4.78, 5) is 25.5. The van der Waals surface area contributed by atoms with E-state index < -0.39 is 6.10 Å². The molecule has 0 heterocycles. The van der Waals surface area contributed by atoms with E-state index in [1.807, 2.05) is 0 Å². The second-order valence-corrected chi connectivity index (χ2v) is 17.4. The number of hydrogen-bond donors (Lipinski definition) is 0. The van der Waals surface area contributed by atoms with Crippen molar-refractivity contribution in [2.45, 2.75) is 245 Å². The summed E-state index contributed by atoms with van der Waals surface area (Å²) in [5.41, 5.74) is 0. The third-order valence-electron chi connectivity index (χ3n) is 11.1. The van der Waals surface area contributed by atoms with Crippen LogP contribution in [0.2, 0.25) is 0 Å². The van der Waals surface area contributed by atoms with E-state index in [2.05, 4.69) is 118 Å². The zero-order chi connectivity index (χ0) is 46.3. The standard InChI is InChI=1S/C59H100O5/c1-4-7-10-13-16-19-22-25-28-30-32-34-37-40-43-46-49-52-58(60)63-56-57(55-62-54-51-48-45-42-39-36-33-29-26-23-20-17-14-11-8-5-2)64-59(61)53-50-47-44-41-38-35-31-27-24-21-18-15-12-9-6-3/h8-9,11-12,16-21,25-29,31,57H,4-7,10,13-15,22-24,30,32-56H2,1-3H3/b11-8-,12-9-,19-16-,20-17-,21-18-,28-25-,29-26-,31-27-. The number of hydrogen-bond acceptors (Lipinski definition) is 5. The van der Waals surface area contributed by atoms with Gasteiger partial charge in [0.1, 0.15) is 6.61 Å². The molecule has 5 heteroatoms. The molecule has 64 heavy (non-hydrogen) atoms. The number of esters is 2. The second-order valence-electron chi connectivity index (χ2n) is 17.4. The highest BCUT2D eigenvalue weighted by Gasteiger charge is 2.17. The fourth-order valence-electron chi connectivity index (χ4n) is 7.16. The van der Waals surface area contributed by atoms with Gasteiger partial charge in [0.2, 0.25) is 0 Å². The summed E-state index contributed by atoms with van der Waals surface area (Å²) >= 11 is 0. The van der Waals surface area contributed by atoms with Crippen LogP contribution in [0, 0.1) is 0 Å². The molecule has 0 N–H and O–H groups in total. The summed E-state index contributed by atoms with van der Waals surface area (Å²) in [6.07, 6.45) is 72.7. The molecule has 0 radical (unpaired) electrons. The van der Waals surface area contributed by atoms with Gasteiger partial charge >= 0.3 is 11.9 Å². The normalized spacial score (nSPS) is 13.0. The molecular formula is C59H100O5. The van der Waals surface area contributed by atoms with E-state index in [-0.39, 0.29) is 25.2 Å². The van der Waals surface area contributed by atoms with Gasteiger partial charge in [-0.15, -0.1) is 0 Å². The van der Waals surface area contributed by atoms with E-state index in [9.17, 15) is 9.59 Å². The van der Waals surface area contributed by atoms with E-state index in [1.165, 1.54) is 96.3 Å². The molecule has 0 spiro atoms.